The fourth-order valence-corrected chi connectivity index (χ4v) is 1.99. The van der Waals surface area contributed by atoms with Gasteiger partial charge in [-0.05, 0) is 26.7 Å². The van der Waals surface area contributed by atoms with Gasteiger partial charge in [0.2, 0.25) is 0 Å². The number of rotatable bonds is 10. The van der Waals surface area contributed by atoms with Gasteiger partial charge >= 0.3 is 24.3 Å². The molecular formula is C19H22F6O4. The number of halogens is 6. The molecule has 0 aromatic rings. The van der Waals surface area contributed by atoms with E-state index >= 15 is 0 Å². The van der Waals surface area contributed by atoms with Crippen LogP contribution in [0.25, 0.3) is 0 Å². The fourth-order valence-electron chi connectivity index (χ4n) is 1.99. The van der Waals surface area contributed by atoms with Gasteiger partial charge in [0.1, 0.15) is 0 Å². The second kappa shape index (κ2) is 12.1. The average Bonchev–Trinajstić information content (AvgIpc) is 2.61. The summed E-state index contributed by atoms with van der Waals surface area (Å²) < 4.78 is 82.9. The molecule has 0 atom stereocenters. The number of ether oxygens (including phenoxy) is 2. The molecule has 0 aliphatic carbocycles. The molecule has 0 rings (SSSR count). The summed E-state index contributed by atoms with van der Waals surface area (Å²) in [7, 11) is 0. The molecule has 0 heterocycles. The van der Waals surface area contributed by atoms with Crippen molar-refractivity contribution in [2.24, 2.45) is 5.41 Å². The Balaban J connectivity index is 5.92. The molecular weight excluding hydrogens is 406 g/mol. The smallest absolute Gasteiger partial charge is 0.422 e. The third kappa shape index (κ3) is 11.2. The highest BCUT2D eigenvalue weighted by Crippen LogP contribution is 2.33. The van der Waals surface area contributed by atoms with E-state index in [9.17, 15) is 35.9 Å². The van der Waals surface area contributed by atoms with Crippen LogP contribution in [0.2, 0.25) is 0 Å². The average molecular weight is 428 g/mol. The summed E-state index contributed by atoms with van der Waals surface area (Å²) in [5.74, 6) is -3.26. The van der Waals surface area contributed by atoms with Gasteiger partial charge in [0.15, 0.2) is 18.6 Å². The van der Waals surface area contributed by atoms with E-state index in [4.69, 9.17) is 0 Å². The molecule has 0 saturated carbocycles. The highest BCUT2D eigenvalue weighted by atomic mass is 19.4. The van der Waals surface area contributed by atoms with Crippen LogP contribution in [0.5, 0.6) is 0 Å². The van der Waals surface area contributed by atoms with E-state index < -0.39 is 55.8 Å². The summed E-state index contributed by atoms with van der Waals surface area (Å²) in [6.45, 7) is -0.659. The third-order valence-electron chi connectivity index (χ3n) is 3.33. The molecule has 0 saturated heterocycles. The van der Waals surface area contributed by atoms with E-state index in [-0.39, 0.29) is 0 Å². The largest absolute Gasteiger partial charge is 0.455 e. The summed E-state index contributed by atoms with van der Waals surface area (Å²) >= 11 is 0. The van der Waals surface area contributed by atoms with Crippen LogP contribution in [0.1, 0.15) is 26.7 Å². The molecule has 4 nitrogen and oxygen atoms in total. The lowest BCUT2D eigenvalue weighted by Crippen LogP contribution is -2.43. The van der Waals surface area contributed by atoms with Crippen molar-refractivity contribution in [1.29, 1.82) is 0 Å². The summed E-state index contributed by atoms with van der Waals surface area (Å²) in [5.41, 5.74) is -2.41. The van der Waals surface area contributed by atoms with Gasteiger partial charge in [-0.25, -0.2) is 0 Å². The molecule has 0 spiro atoms. The molecule has 0 aliphatic rings. The molecule has 10 heteroatoms. The third-order valence-corrected chi connectivity index (χ3v) is 3.33. The Labute approximate surface area is 164 Å². The molecule has 0 radical (unpaired) electrons. The molecule has 0 fully saturated rings. The summed E-state index contributed by atoms with van der Waals surface area (Å²) in [5, 5.41) is 0. The van der Waals surface area contributed by atoms with Crippen molar-refractivity contribution in [2.45, 2.75) is 39.0 Å². The predicted octanol–water partition coefficient (Wildman–Crippen LogP) is 5.23. The van der Waals surface area contributed by atoms with Gasteiger partial charge in [-0.2, -0.15) is 26.3 Å². The van der Waals surface area contributed by atoms with Gasteiger partial charge in [-0.1, -0.05) is 48.6 Å². The lowest BCUT2D eigenvalue weighted by atomic mass is 9.80. The highest BCUT2D eigenvalue weighted by Gasteiger charge is 2.49. The summed E-state index contributed by atoms with van der Waals surface area (Å²) in [6.07, 6.45) is 0.679. The maximum Gasteiger partial charge on any atom is 0.422 e. The Hall–Kier alpha value is -2.52. The Morgan fingerprint density at radius 3 is 1.31 bits per heavy atom. The topological polar surface area (TPSA) is 52.6 Å². The van der Waals surface area contributed by atoms with Crippen LogP contribution in [0, 0.1) is 5.41 Å². The quantitative estimate of drug-likeness (QED) is 0.207. The normalized spacial score (nSPS) is 13.8. The second-order valence-electron chi connectivity index (χ2n) is 5.78. The predicted molar refractivity (Wildman–Crippen MR) is 93.6 cm³/mol. The molecule has 0 unspecified atom stereocenters. The molecule has 164 valence electrons. The van der Waals surface area contributed by atoms with Crippen molar-refractivity contribution in [1.82, 2.24) is 0 Å². The highest BCUT2D eigenvalue weighted by molar-refractivity contribution is 6.00. The Morgan fingerprint density at radius 1 is 0.690 bits per heavy atom. The number of allylic oxidation sites excluding steroid dienone is 8. The first-order valence-electron chi connectivity index (χ1n) is 8.41. The van der Waals surface area contributed by atoms with Gasteiger partial charge in [-0.15, -0.1) is 0 Å². The van der Waals surface area contributed by atoms with Gasteiger partial charge in [0, 0.05) is 0 Å². The van der Waals surface area contributed by atoms with Crippen molar-refractivity contribution in [3.05, 3.63) is 48.6 Å². The Morgan fingerprint density at radius 2 is 1.03 bits per heavy atom. The first-order valence-corrected chi connectivity index (χ1v) is 8.41. The van der Waals surface area contributed by atoms with Gasteiger partial charge in [0.05, 0.1) is 0 Å². The van der Waals surface area contributed by atoms with Crippen LogP contribution in [0.3, 0.4) is 0 Å². The zero-order chi connectivity index (χ0) is 22.6. The van der Waals surface area contributed by atoms with Crippen LogP contribution in [-0.4, -0.2) is 37.5 Å². The molecule has 0 aromatic carbocycles. The molecule has 0 bridgehead atoms. The minimum atomic E-state index is -4.88. The van der Waals surface area contributed by atoms with Gasteiger partial charge in [0.25, 0.3) is 0 Å². The first kappa shape index (κ1) is 26.5. The lowest BCUT2D eigenvalue weighted by molar-refractivity contribution is -0.206. The maximum atomic E-state index is 12.4. The molecule has 0 N–H and O–H groups in total. The second-order valence-corrected chi connectivity index (χ2v) is 5.78. The minimum Gasteiger partial charge on any atom is -0.455 e. The summed E-state index contributed by atoms with van der Waals surface area (Å²) in [4.78, 5) is 24.8. The Bertz CT molecular complexity index is 586. The number of carbonyl (C=O) groups is 2. The lowest BCUT2D eigenvalue weighted by Gasteiger charge is -2.28. The Kier molecular flexibility index (Phi) is 11.1. The van der Waals surface area contributed by atoms with Crippen LogP contribution in [0.4, 0.5) is 26.3 Å². The maximum absolute atomic E-state index is 12.4. The van der Waals surface area contributed by atoms with E-state index in [0.29, 0.717) is 0 Å². The van der Waals surface area contributed by atoms with E-state index in [2.05, 4.69) is 9.47 Å². The van der Waals surface area contributed by atoms with Crippen molar-refractivity contribution < 1.29 is 45.4 Å². The number of esters is 2. The molecule has 29 heavy (non-hydrogen) atoms. The van der Waals surface area contributed by atoms with E-state index in [0.717, 1.165) is 0 Å². The number of hydrogen-bond acceptors (Lipinski definition) is 4. The molecule has 0 aromatic heterocycles. The van der Waals surface area contributed by atoms with Gasteiger partial charge < -0.3 is 9.47 Å². The van der Waals surface area contributed by atoms with Crippen molar-refractivity contribution in [2.75, 3.05) is 13.2 Å². The van der Waals surface area contributed by atoms with Crippen molar-refractivity contribution >= 4 is 11.9 Å². The zero-order valence-electron chi connectivity index (χ0n) is 15.8. The molecule has 0 aliphatic heterocycles. The standard InChI is InChI=1S/C19H22F6O4/c1-3-5-7-9-11-17(12-10-8-6-4-2,15(26)28-13-18(20,21)22)16(27)29-14-19(23,24)25/h3-10H,11-14H2,1-2H3/b5-3+,6-4+,9-7+,10-8+. The SMILES string of the molecule is C/C=C/C=C/CC(C/C=C/C=C/C)(C(=O)OCC(F)(F)F)C(=O)OCC(F)(F)F. The van der Waals surface area contributed by atoms with Crippen LogP contribution in [-0.2, 0) is 19.1 Å². The summed E-state index contributed by atoms with van der Waals surface area (Å²) in [6, 6.07) is 0. The molecule has 0 amide bonds. The number of carbonyl (C=O) groups excluding carboxylic acids is 2. The minimum absolute atomic E-state index is 0.523. The monoisotopic (exact) mass is 428 g/mol. The van der Waals surface area contributed by atoms with Crippen molar-refractivity contribution in [3.63, 3.8) is 0 Å². The number of hydrogen-bond donors (Lipinski definition) is 0. The van der Waals surface area contributed by atoms with Crippen LogP contribution in [0.15, 0.2) is 48.6 Å². The van der Waals surface area contributed by atoms with Crippen LogP contribution >= 0.6 is 0 Å². The van der Waals surface area contributed by atoms with Crippen LogP contribution < -0.4 is 0 Å². The zero-order valence-corrected chi connectivity index (χ0v) is 15.8. The van der Waals surface area contributed by atoms with E-state index in [1.54, 1.807) is 26.0 Å². The number of alkyl halides is 6. The van der Waals surface area contributed by atoms with Crippen molar-refractivity contribution in [3.8, 4) is 0 Å². The van der Waals surface area contributed by atoms with E-state index in [1.807, 2.05) is 0 Å². The fraction of sp³-hybridized carbons (Fsp3) is 0.474. The van der Waals surface area contributed by atoms with Gasteiger partial charge in [-0.3, -0.25) is 9.59 Å². The first-order chi connectivity index (χ1) is 13.4. The van der Waals surface area contributed by atoms with E-state index in [1.165, 1.54) is 36.5 Å².